The second kappa shape index (κ2) is 7.58. The number of rotatable bonds is 7. The molecule has 0 fully saturated rings. The Labute approximate surface area is 139 Å². The third-order valence-corrected chi connectivity index (χ3v) is 3.93. The topological polar surface area (TPSA) is 30.3 Å². The normalized spacial score (nSPS) is 13.2. The number of aromatic nitrogens is 2. The molecule has 0 aliphatic carbocycles. The van der Waals surface area contributed by atoms with Gasteiger partial charge < -0.3 is 14.2 Å². The van der Waals surface area contributed by atoms with E-state index in [2.05, 4.69) is 36.4 Å². The number of hydrogen-bond donors (Lipinski definition) is 0. The number of fused-ring (bicyclic) bond motifs is 1. The highest BCUT2D eigenvalue weighted by molar-refractivity contribution is 9.10. The summed E-state index contributed by atoms with van der Waals surface area (Å²) in [5, 5.41) is -0.127. The number of likely N-dealkylation sites (N-methyl/N-ethyl adjacent to an activating group) is 1. The van der Waals surface area contributed by atoms with Crippen LogP contribution >= 0.6 is 27.5 Å². The van der Waals surface area contributed by atoms with Crippen molar-refractivity contribution >= 4 is 38.6 Å². The van der Waals surface area contributed by atoms with Crippen LogP contribution in [0.3, 0.4) is 0 Å². The summed E-state index contributed by atoms with van der Waals surface area (Å²) in [6.45, 7) is 5.03. The van der Waals surface area contributed by atoms with E-state index in [1.807, 2.05) is 33.2 Å². The molecule has 2 rings (SSSR count). The summed E-state index contributed by atoms with van der Waals surface area (Å²) < 4.78 is 8.85. The van der Waals surface area contributed by atoms with Gasteiger partial charge in [-0.3, -0.25) is 0 Å². The quantitative estimate of drug-likeness (QED) is 0.547. The van der Waals surface area contributed by atoms with Crippen molar-refractivity contribution in [2.24, 2.45) is 0 Å². The van der Waals surface area contributed by atoms with Crippen molar-refractivity contribution in [1.29, 1.82) is 0 Å². The number of ether oxygens (including phenoxy) is 1. The third kappa shape index (κ3) is 4.42. The van der Waals surface area contributed by atoms with E-state index in [1.54, 1.807) is 0 Å². The molecule has 0 amide bonds. The molecule has 0 aliphatic heterocycles. The summed E-state index contributed by atoms with van der Waals surface area (Å²) in [6.07, 6.45) is 0. The third-order valence-electron chi connectivity index (χ3n) is 3.24. The van der Waals surface area contributed by atoms with Gasteiger partial charge in [0.15, 0.2) is 0 Å². The van der Waals surface area contributed by atoms with E-state index in [0.29, 0.717) is 6.61 Å². The van der Waals surface area contributed by atoms with Crippen LogP contribution in [-0.2, 0) is 11.3 Å². The lowest BCUT2D eigenvalue weighted by Crippen LogP contribution is -2.19. The highest BCUT2D eigenvalue weighted by atomic mass is 79.9. The van der Waals surface area contributed by atoms with Crippen molar-refractivity contribution in [2.45, 2.75) is 18.8 Å². The first-order chi connectivity index (χ1) is 9.99. The SMILES string of the molecule is CC(Cl)c1nc2cc(Br)ccc2n1CCOCCN(C)C. The van der Waals surface area contributed by atoms with Gasteiger partial charge in [0.1, 0.15) is 5.82 Å². The molecular weight excluding hydrogens is 354 g/mol. The fraction of sp³-hybridized carbons (Fsp3) is 0.533. The number of halogens is 2. The van der Waals surface area contributed by atoms with Crippen molar-refractivity contribution in [3.8, 4) is 0 Å². The van der Waals surface area contributed by atoms with Crippen molar-refractivity contribution in [2.75, 3.05) is 33.9 Å². The molecule has 116 valence electrons. The molecule has 1 aromatic heterocycles. The molecule has 21 heavy (non-hydrogen) atoms. The van der Waals surface area contributed by atoms with Crippen molar-refractivity contribution in [3.63, 3.8) is 0 Å². The van der Waals surface area contributed by atoms with Gasteiger partial charge in [-0.05, 0) is 39.2 Å². The Balaban J connectivity index is 2.11. The van der Waals surface area contributed by atoms with Gasteiger partial charge in [0, 0.05) is 17.6 Å². The lowest BCUT2D eigenvalue weighted by molar-refractivity contribution is 0.111. The molecule has 0 N–H and O–H groups in total. The molecule has 4 nitrogen and oxygen atoms in total. The lowest BCUT2D eigenvalue weighted by Gasteiger charge is -2.12. The standard InChI is InChI=1S/C15H21BrClN3O/c1-11(17)15-18-13-10-12(16)4-5-14(13)20(15)7-9-21-8-6-19(2)3/h4-5,10-11H,6-9H2,1-3H3. The van der Waals surface area contributed by atoms with Crippen LogP contribution in [0.1, 0.15) is 18.1 Å². The van der Waals surface area contributed by atoms with E-state index in [1.165, 1.54) is 0 Å². The second-order valence-electron chi connectivity index (χ2n) is 5.29. The van der Waals surface area contributed by atoms with Gasteiger partial charge in [0.2, 0.25) is 0 Å². The van der Waals surface area contributed by atoms with E-state index in [0.717, 1.165) is 41.0 Å². The smallest absolute Gasteiger partial charge is 0.127 e. The summed E-state index contributed by atoms with van der Waals surface area (Å²) in [4.78, 5) is 6.74. The maximum Gasteiger partial charge on any atom is 0.127 e. The molecule has 1 heterocycles. The van der Waals surface area contributed by atoms with Gasteiger partial charge in [-0.25, -0.2) is 4.98 Å². The van der Waals surface area contributed by atoms with Gasteiger partial charge in [-0.1, -0.05) is 15.9 Å². The predicted molar refractivity (Wildman–Crippen MR) is 91.1 cm³/mol. The zero-order valence-electron chi connectivity index (χ0n) is 12.6. The average molecular weight is 375 g/mol. The van der Waals surface area contributed by atoms with Crippen LogP contribution in [0, 0.1) is 0 Å². The highest BCUT2D eigenvalue weighted by Crippen LogP contribution is 2.26. The zero-order chi connectivity index (χ0) is 15.4. The van der Waals surface area contributed by atoms with Crippen LogP contribution in [0.5, 0.6) is 0 Å². The van der Waals surface area contributed by atoms with Gasteiger partial charge in [0.05, 0.1) is 29.6 Å². The number of imidazole rings is 1. The maximum absolute atomic E-state index is 6.26. The molecule has 0 aliphatic rings. The van der Waals surface area contributed by atoms with Crippen LogP contribution in [-0.4, -0.2) is 48.3 Å². The molecule has 0 saturated carbocycles. The van der Waals surface area contributed by atoms with Crippen LogP contribution in [0.2, 0.25) is 0 Å². The molecule has 6 heteroatoms. The first-order valence-corrected chi connectivity index (χ1v) is 8.24. The van der Waals surface area contributed by atoms with Gasteiger partial charge in [-0.2, -0.15) is 0 Å². The molecule has 0 spiro atoms. The minimum atomic E-state index is -0.127. The lowest BCUT2D eigenvalue weighted by atomic mass is 10.3. The average Bonchev–Trinajstić information content (AvgIpc) is 2.76. The Hall–Kier alpha value is -0.620. The van der Waals surface area contributed by atoms with Crippen LogP contribution in [0.4, 0.5) is 0 Å². The van der Waals surface area contributed by atoms with E-state index < -0.39 is 0 Å². The molecule has 2 aromatic rings. The van der Waals surface area contributed by atoms with Crippen LogP contribution in [0.15, 0.2) is 22.7 Å². The van der Waals surface area contributed by atoms with Crippen molar-refractivity contribution in [3.05, 3.63) is 28.5 Å². The molecule has 1 aromatic carbocycles. The van der Waals surface area contributed by atoms with Crippen molar-refractivity contribution in [1.82, 2.24) is 14.5 Å². The minimum absolute atomic E-state index is 0.127. The summed E-state index contributed by atoms with van der Waals surface area (Å²) >= 11 is 9.74. The monoisotopic (exact) mass is 373 g/mol. The van der Waals surface area contributed by atoms with Gasteiger partial charge >= 0.3 is 0 Å². The molecule has 1 unspecified atom stereocenters. The first kappa shape index (κ1) is 16.7. The molecule has 0 bridgehead atoms. The van der Waals surface area contributed by atoms with E-state index in [9.17, 15) is 0 Å². The Morgan fingerprint density at radius 1 is 1.38 bits per heavy atom. The molecule has 0 radical (unpaired) electrons. The Morgan fingerprint density at radius 2 is 2.14 bits per heavy atom. The summed E-state index contributed by atoms with van der Waals surface area (Å²) in [5.41, 5.74) is 2.05. The zero-order valence-corrected chi connectivity index (χ0v) is 15.0. The predicted octanol–water partition coefficient (Wildman–Crippen LogP) is 3.68. The summed E-state index contributed by atoms with van der Waals surface area (Å²) in [6, 6.07) is 6.10. The van der Waals surface area contributed by atoms with Crippen molar-refractivity contribution < 1.29 is 4.74 Å². The molecule has 0 saturated heterocycles. The Bertz CT molecular complexity index is 598. The Morgan fingerprint density at radius 3 is 2.81 bits per heavy atom. The first-order valence-electron chi connectivity index (χ1n) is 7.01. The summed E-state index contributed by atoms with van der Waals surface area (Å²) in [5.74, 6) is 0.890. The fourth-order valence-corrected chi connectivity index (χ4v) is 2.68. The molecular formula is C15H21BrClN3O. The van der Waals surface area contributed by atoms with Gasteiger partial charge in [0.25, 0.3) is 0 Å². The largest absolute Gasteiger partial charge is 0.378 e. The van der Waals surface area contributed by atoms with Gasteiger partial charge in [-0.15, -0.1) is 11.6 Å². The summed E-state index contributed by atoms with van der Waals surface area (Å²) in [7, 11) is 4.08. The van der Waals surface area contributed by atoms with E-state index in [4.69, 9.17) is 16.3 Å². The van der Waals surface area contributed by atoms with Crippen LogP contribution in [0.25, 0.3) is 11.0 Å². The maximum atomic E-state index is 6.26. The highest BCUT2D eigenvalue weighted by Gasteiger charge is 2.14. The number of alkyl halides is 1. The number of nitrogens with zero attached hydrogens (tertiary/aromatic N) is 3. The second-order valence-corrected chi connectivity index (χ2v) is 6.86. The molecule has 1 atom stereocenters. The van der Waals surface area contributed by atoms with E-state index in [-0.39, 0.29) is 5.38 Å². The number of hydrogen-bond acceptors (Lipinski definition) is 3. The van der Waals surface area contributed by atoms with E-state index >= 15 is 0 Å². The minimum Gasteiger partial charge on any atom is -0.378 e. The van der Waals surface area contributed by atoms with Crippen LogP contribution < -0.4 is 0 Å². The Kier molecular flexibility index (Phi) is 6.05. The number of benzene rings is 1. The fourth-order valence-electron chi connectivity index (χ4n) is 2.17.